The molecule has 0 aliphatic heterocycles. The maximum absolute atomic E-state index is 5.89. The molecule has 0 radical (unpaired) electrons. The monoisotopic (exact) mass is 407 g/mol. The standard InChI is InChI=1S/C14H11Br2N5/c1-8-12(16)3-2-4-13(8)21-14(18-19-20-21)9-5-10(15)7-11(17)6-9/h2-7H,17H2,1H3. The van der Waals surface area contributed by atoms with Crippen molar-refractivity contribution in [2.45, 2.75) is 6.92 Å². The smallest absolute Gasteiger partial charge is 0.187 e. The molecular weight excluding hydrogens is 398 g/mol. The number of tetrazole rings is 1. The Labute approximate surface area is 138 Å². The van der Waals surface area contributed by atoms with Gasteiger partial charge < -0.3 is 5.73 Å². The molecule has 0 aliphatic carbocycles. The number of benzene rings is 2. The van der Waals surface area contributed by atoms with Gasteiger partial charge in [-0.3, -0.25) is 0 Å². The van der Waals surface area contributed by atoms with Gasteiger partial charge in [-0.25, -0.2) is 0 Å². The fraction of sp³-hybridized carbons (Fsp3) is 0.0714. The Balaban J connectivity index is 2.19. The molecule has 7 heteroatoms. The lowest BCUT2D eigenvalue weighted by Crippen LogP contribution is -2.02. The number of hydrogen-bond donors (Lipinski definition) is 1. The van der Waals surface area contributed by atoms with Crippen LogP contribution in [0.4, 0.5) is 5.69 Å². The summed E-state index contributed by atoms with van der Waals surface area (Å²) in [6.07, 6.45) is 0. The van der Waals surface area contributed by atoms with Crippen LogP contribution >= 0.6 is 31.9 Å². The van der Waals surface area contributed by atoms with Crippen LogP contribution in [0, 0.1) is 6.92 Å². The largest absolute Gasteiger partial charge is 0.399 e. The molecule has 1 aromatic heterocycles. The molecule has 5 nitrogen and oxygen atoms in total. The highest BCUT2D eigenvalue weighted by Crippen LogP contribution is 2.28. The van der Waals surface area contributed by atoms with Gasteiger partial charge in [0.15, 0.2) is 5.82 Å². The van der Waals surface area contributed by atoms with Gasteiger partial charge in [0.2, 0.25) is 0 Å². The number of hydrogen-bond acceptors (Lipinski definition) is 4. The first-order valence-corrected chi connectivity index (χ1v) is 7.75. The molecule has 21 heavy (non-hydrogen) atoms. The second-order valence-corrected chi connectivity index (χ2v) is 6.34. The Morgan fingerprint density at radius 2 is 1.95 bits per heavy atom. The van der Waals surface area contributed by atoms with Crippen LogP contribution in [0.15, 0.2) is 45.3 Å². The van der Waals surface area contributed by atoms with Crippen LogP contribution in [0.5, 0.6) is 0 Å². The van der Waals surface area contributed by atoms with Crippen molar-refractivity contribution in [3.8, 4) is 17.1 Å². The average molecular weight is 409 g/mol. The maximum atomic E-state index is 5.89. The minimum atomic E-state index is 0.643. The highest BCUT2D eigenvalue weighted by atomic mass is 79.9. The first kappa shape index (κ1) is 14.2. The van der Waals surface area contributed by atoms with E-state index in [2.05, 4.69) is 47.4 Å². The summed E-state index contributed by atoms with van der Waals surface area (Å²) in [5, 5.41) is 12.0. The molecule has 1 heterocycles. The molecule has 0 atom stereocenters. The van der Waals surface area contributed by atoms with Crippen molar-refractivity contribution in [3.05, 3.63) is 50.9 Å². The zero-order chi connectivity index (χ0) is 15.0. The van der Waals surface area contributed by atoms with Gasteiger partial charge in [0.25, 0.3) is 0 Å². The Morgan fingerprint density at radius 1 is 1.14 bits per heavy atom. The maximum Gasteiger partial charge on any atom is 0.187 e. The van der Waals surface area contributed by atoms with E-state index in [4.69, 9.17) is 5.73 Å². The molecule has 2 aromatic carbocycles. The number of nitrogens with two attached hydrogens (primary N) is 1. The lowest BCUT2D eigenvalue weighted by molar-refractivity contribution is 0.787. The Kier molecular flexibility index (Phi) is 3.77. The molecule has 0 saturated carbocycles. The number of nitrogens with zero attached hydrogens (tertiary/aromatic N) is 4. The van der Waals surface area contributed by atoms with Gasteiger partial charge in [0, 0.05) is 20.2 Å². The SMILES string of the molecule is Cc1c(Br)cccc1-n1nnnc1-c1cc(N)cc(Br)c1. The summed E-state index contributed by atoms with van der Waals surface area (Å²) < 4.78 is 3.61. The predicted octanol–water partition coefficient (Wildman–Crippen LogP) is 3.74. The summed E-state index contributed by atoms with van der Waals surface area (Å²) in [6, 6.07) is 11.5. The fourth-order valence-electron chi connectivity index (χ4n) is 2.10. The van der Waals surface area contributed by atoms with E-state index in [9.17, 15) is 0 Å². The number of anilines is 1. The summed E-state index contributed by atoms with van der Waals surface area (Å²) in [7, 11) is 0. The van der Waals surface area contributed by atoms with Gasteiger partial charge in [0.05, 0.1) is 5.69 Å². The Hall–Kier alpha value is -1.73. The van der Waals surface area contributed by atoms with Gasteiger partial charge in [-0.2, -0.15) is 4.68 Å². The average Bonchev–Trinajstić information content (AvgIpc) is 2.90. The number of rotatable bonds is 2. The highest BCUT2D eigenvalue weighted by Gasteiger charge is 2.14. The van der Waals surface area contributed by atoms with Crippen molar-refractivity contribution in [1.82, 2.24) is 20.2 Å². The van der Waals surface area contributed by atoms with Crippen LogP contribution in [0.25, 0.3) is 17.1 Å². The van der Waals surface area contributed by atoms with Crippen LogP contribution < -0.4 is 5.73 Å². The van der Waals surface area contributed by atoms with Crippen LogP contribution in [0.3, 0.4) is 0 Å². The molecule has 3 rings (SSSR count). The third kappa shape index (κ3) is 2.71. The van der Waals surface area contributed by atoms with Crippen molar-refractivity contribution >= 4 is 37.5 Å². The zero-order valence-electron chi connectivity index (χ0n) is 11.1. The van der Waals surface area contributed by atoms with E-state index < -0.39 is 0 Å². The lowest BCUT2D eigenvalue weighted by Gasteiger charge is -2.09. The number of halogens is 2. The van der Waals surface area contributed by atoms with Crippen molar-refractivity contribution < 1.29 is 0 Å². The minimum absolute atomic E-state index is 0.643. The zero-order valence-corrected chi connectivity index (χ0v) is 14.3. The molecule has 2 N–H and O–H groups in total. The fourth-order valence-corrected chi connectivity index (χ4v) is 2.96. The first-order chi connectivity index (χ1) is 10.1. The van der Waals surface area contributed by atoms with Crippen LogP contribution in [-0.2, 0) is 0 Å². The van der Waals surface area contributed by atoms with E-state index in [0.29, 0.717) is 11.5 Å². The molecule has 0 bridgehead atoms. The highest BCUT2D eigenvalue weighted by molar-refractivity contribution is 9.10. The minimum Gasteiger partial charge on any atom is -0.399 e. The predicted molar refractivity (Wildman–Crippen MR) is 89.1 cm³/mol. The number of aromatic nitrogens is 4. The summed E-state index contributed by atoms with van der Waals surface area (Å²) in [5.74, 6) is 0.643. The molecular formula is C14H11Br2N5. The van der Waals surface area contributed by atoms with Gasteiger partial charge in [-0.05, 0) is 53.2 Å². The van der Waals surface area contributed by atoms with Crippen LogP contribution in [0.1, 0.15) is 5.56 Å². The summed E-state index contributed by atoms with van der Waals surface area (Å²) in [4.78, 5) is 0. The Morgan fingerprint density at radius 3 is 2.71 bits per heavy atom. The number of nitrogen functional groups attached to an aromatic ring is 1. The van der Waals surface area contributed by atoms with Crippen molar-refractivity contribution in [2.75, 3.05) is 5.73 Å². The van der Waals surface area contributed by atoms with Crippen LogP contribution in [0.2, 0.25) is 0 Å². The van der Waals surface area contributed by atoms with E-state index >= 15 is 0 Å². The van der Waals surface area contributed by atoms with Gasteiger partial charge in [-0.15, -0.1) is 5.10 Å². The lowest BCUT2D eigenvalue weighted by atomic mass is 10.1. The first-order valence-electron chi connectivity index (χ1n) is 6.16. The van der Waals surface area contributed by atoms with Crippen molar-refractivity contribution in [2.24, 2.45) is 0 Å². The third-order valence-electron chi connectivity index (χ3n) is 3.12. The molecule has 0 spiro atoms. The third-order valence-corrected chi connectivity index (χ3v) is 4.43. The summed E-state index contributed by atoms with van der Waals surface area (Å²) in [6.45, 7) is 2.01. The van der Waals surface area contributed by atoms with Crippen molar-refractivity contribution in [1.29, 1.82) is 0 Å². The second-order valence-electron chi connectivity index (χ2n) is 4.57. The van der Waals surface area contributed by atoms with Crippen LogP contribution in [-0.4, -0.2) is 20.2 Å². The molecule has 106 valence electrons. The van der Waals surface area contributed by atoms with E-state index in [1.54, 1.807) is 4.68 Å². The van der Waals surface area contributed by atoms with Gasteiger partial charge in [0.1, 0.15) is 0 Å². The molecule has 3 aromatic rings. The normalized spacial score (nSPS) is 10.8. The van der Waals surface area contributed by atoms with E-state index in [0.717, 1.165) is 25.8 Å². The van der Waals surface area contributed by atoms with Gasteiger partial charge >= 0.3 is 0 Å². The quantitative estimate of drug-likeness (QED) is 0.655. The summed E-state index contributed by atoms with van der Waals surface area (Å²) in [5.41, 5.74) is 9.38. The molecule has 0 amide bonds. The van der Waals surface area contributed by atoms with E-state index in [-0.39, 0.29) is 0 Å². The molecule has 0 unspecified atom stereocenters. The van der Waals surface area contributed by atoms with Crippen molar-refractivity contribution in [3.63, 3.8) is 0 Å². The molecule has 0 saturated heterocycles. The van der Waals surface area contributed by atoms with E-state index in [1.807, 2.05) is 43.3 Å². The topological polar surface area (TPSA) is 69.6 Å². The van der Waals surface area contributed by atoms with E-state index in [1.165, 1.54) is 0 Å². The summed E-state index contributed by atoms with van der Waals surface area (Å²) >= 11 is 6.97. The molecule has 0 aliphatic rings. The molecule has 0 fully saturated rings. The Bertz CT molecular complexity index is 793. The van der Waals surface area contributed by atoms with Gasteiger partial charge in [-0.1, -0.05) is 37.9 Å². The second kappa shape index (κ2) is 5.57.